The van der Waals surface area contributed by atoms with Crippen LogP contribution in [0.5, 0.6) is 0 Å². The molecule has 1 amide bonds. The number of aromatic nitrogens is 2. The first-order valence-electron chi connectivity index (χ1n) is 8.22. The number of aryl methyl sites for hydroxylation is 2. The molecule has 1 fully saturated rings. The first-order chi connectivity index (χ1) is 11.5. The number of piperazine rings is 1. The van der Waals surface area contributed by atoms with E-state index in [-0.39, 0.29) is 5.91 Å². The molecule has 6 heteroatoms. The maximum atomic E-state index is 12.8. The molecule has 5 nitrogen and oxygen atoms in total. The first kappa shape index (κ1) is 17.0. The van der Waals surface area contributed by atoms with E-state index in [2.05, 4.69) is 22.1 Å². The fraction of sp³-hybridized carbons (Fsp3) is 0.444. The molecule has 2 aromatic rings. The lowest BCUT2D eigenvalue weighted by molar-refractivity contribution is 0.0627. The van der Waals surface area contributed by atoms with Crippen LogP contribution in [0.1, 0.15) is 27.3 Å². The molecule has 24 heavy (non-hydrogen) atoms. The lowest BCUT2D eigenvalue weighted by atomic mass is 10.1. The Balaban J connectivity index is 1.60. The van der Waals surface area contributed by atoms with Gasteiger partial charge in [0.15, 0.2) is 0 Å². The highest BCUT2D eigenvalue weighted by atomic mass is 35.5. The second-order valence-electron chi connectivity index (χ2n) is 6.36. The summed E-state index contributed by atoms with van der Waals surface area (Å²) in [6.45, 7) is 8.00. The molecule has 0 atom stereocenters. The highest BCUT2D eigenvalue weighted by molar-refractivity contribution is 6.30. The number of amides is 1. The largest absolute Gasteiger partial charge is 0.336 e. The molecule has 1 aromatic carbocycles. The van der Waals surface area contributed by atoms with Crippen LogP contribution in [0.4, 0.5) is 0 Å². The molecule has 0 bridgehead atoms. The van der Waals surface area contributed by atoms with Gasteiger partial charge in [-0.1, -0.05) is 23.7 Å². The molecule has 2 heterocycles. The van der Waals surface area contributed by atoms with E-state index >= 15 is 0 Å². The molecule has 0 radical (unpaired) electrons. The lowest BCUT2D eigenvalue weighted by Gasteiger charge is -2.34. The van der Waals surface area contributed by atoms with Crippen LogP contribution in [0, 0.1) is 13.8 Å². The molecule has 0 saturated carbocycles. The molecule has 3 rings (SSSR count). The van der Waals surface area contributed by atoms with Gasteiger partial charge in [-0.25, -0.2) is 0 Å². The third-order valence-electron chi connectivity index (χ3n) is 4.70. The van der Waals surface area contributed by atoms with Crippen LogP contribution in [-0.4, -0.2) is 51.7 Å². The van der Waals surface area contributed by atoms with Crippen molar-refractivity contribution < 1.29 is 4.79 Å². The number of hydrogen-bond donors (Lipinski definition) is 0. The number of rotatable bonds is 3. The van der Waals surface area contributed by atoms with Crippen LogP contribution >= 0.6 is 11.6 Å². The molecule has 0 spiro atoms. The summed E-state index contributed by atoms with van der Waals surface area (Å²) < 4.78 is 1.78. The standard InChI is InChI=1S/C18H23ClN4O/c1-13-17(14(2)21(3)20-13)18(24)23-10-8-22(9-11-23)12-15-4-6-16(19)7-5-15/h4-7H,8-12H2,1-3H3. The zero-order valence-electron chi connectivity index (χ0n) is 14.4. The maximum Gasteiger partial charge on any atom is 0.257 e. The van der Waals surface area contributed by atoms with Gasteiger partial charge in [0.25, 0.3) is 5.91 Å². The molecule has 0 aliphatic carbocycles. The minimum Gasteiger partial charge on any atom is -0.336 e. The van der Waals surface area contributed by atoms with Crippen LogP contribution in [0.25, 0.3) is 0 Å². The van der Waals surface area contributed by atoms with E-state index in [0.717, 1.165) is 54.7 Å². The minimum atomic E-state index is 0.101. The van der Waals surface area contributed by atoms with Crippen molar-refractivity contribution >= 4 is 17.5 Å². The SMILES string of the molecule is Cc1nn(C)c(C)c1C(=O)N1CCN(Cc2ccc(Cl)cc2)CC1. The minimum absolute atomic E-state index is 0.101. The van der Waals surface area contributed by atoms with Crippen LogP contribution in [0.15, 0.2) is 24.3 Å². The van der Waals surface area contributed by atoms with Crippen molar-refractivity contribution in [3.8, 4) is 0 Å². The van der Waals surface area contributed by atoms with Crippen LogP contribution in [0.2, 0.25) is 5.02 Å². The van der Waals surface area contributed by atoms with Gasteiger partial charge in [0, 0.05) is 50.5 Å². The van der Waals surface area contributed by atoms with Gasteiger partial charge < -0.3 is 4.90 Å². The molecule has 0 N–H and O–H groups in total. The van der Waals surface area contributed by atoms with Crippen molar-refractivity contribution in [2.24, 2.45) is 7.05 Å². The van der Waals surface area contributed by atoms with Gasteiger partial charge in [-0.15, -0.1) is 0 Å². The maximum absolute atomic E-state index is 12.8. The molecular weight excluding hydrogens is 324 g/mol. The fourth-order valence-corrected chi connectivity index (χ4v) is 3.32. The van der Waals surface area contributed by atoms with Crippen molar-refractivity contribution in [1.82, 2.24) is 19.6 Å². The summed E-state index contributed by atoms with van der Waals surface area (Å²) in [6.07, 6.45) is 0. The van der Waals surface area contributed by atoms with Crippen molar-refractivity contribution in [2.45, 2.75) is 20.4 Å². The van der Waals surface area contributed by atoms with Crippen molar-refractivity contribution in [2.75, 3.05) is 26.2 Å². The number of nitrogens with zero attached hydrogens (tertiary/aromatic N) is 4. The molecular formula is C18H23ClN4O. The summed E-state index contributed by atoms with van der Waals surface area (Å²) >= 11 is 5.93. The second-order valence-corrected chi connectivity index (χ2v) is 6.80. The quantitative estimate of drug-likeness (QED) is 0.858. The number of carbonyl (C=O) groups excluding carboxylic acids is 1. The average molecular weight is 347 g/mol. The van der Waals surface area contributed by atoms with Crippen molar-refractivity contribution in [3.63, 3.8) is 0 Å². The van der Waals surface area contributed by atoms with E-state index in [0.29, 0.717) is 0 Å². The highest BCUT2D eigenvalue weighted by Gasteiger charge is 2.26. The Kier molecular flexibility index (Phi) is 4.92. The monoisotopic (exact) mass is 346 g/mol. The van der Waals surface area contributed by atoms with Crippen LogP contribution in [0.3, 0.4) is 0 Å². The van der Waals surface area contributed by atoms with Gasteiger partial charge in [-0.05, 0) is 31.5 Å². The molecule has 1 saturated heterocycles. The zero-order chi connectivity index (χ0) is 17.3. The summed E-state index contributed by atoms with van der Waals surface area (Å²) in [5.74, 6) is 0.101. The van der Waals surface area contributed by atoms with E-state index in [1.165, 1.54) is 5.56 Å². The number of hydrogen-bond acceptors (Lipinski definition) is 3. The molecule has 1 aliphatic rings. The molecule has 128 valence electrons. The van der Waals surface area contributed by atoms with E-state index < -0.39 is 0 Å². The van der Waals surface area contributed by atoms with E-state index in [9.17, 15) is 4.79 Å². The van der Waals surface area contributed by atoms with Crippen LogP contribution in [-0.2, 0) is 13.6 Å². The topological polar surface area (TPSA) is 41.4 Å². The lowest BCUT2D eigenvalue weighted by Crippen LogP contribution is -2.48. The van der Waals surface area contributed by atoms with Crippen molar-refractivity contribution in [3.05, 3.63) is 51.8 Å². The predicted molar refractivity (Wildman–Crippen MR) is 95.3 cm³/mol. The summed E-state index contributed by atoms with van der Waals surface area (Å²) in [5, 5.41) is 5.11. The normalized spacial score (nSPS) is 15.8. The van der Waals surface area contributed by atoms with Gasteiger partial charge in [-0.2, -0.15) is 5.10 Å². The summed E-state index contributed by atoms with van der Waals surface area (Å²) in [6, 6.07) is 7.96. The third kappa shape index (κ3) is 3.47. The van der Waals surface area contributed by atoms with Gasteiger partial charge in [-0.3, -0.25) is 14.4 Å². The van der Waals surface area contributed by atoms with Crippen LogP contribution < -0.4 is 0 Å². The number of carbonyl (C=O) groups is 1. The number of benzene rings is 1. The smallest absolute Gasteiger partial charge is 0.257 e. The average Bonchev–Trinajstić information content (AvgIpc) is 2.82. The Hall–Kier alpha value is -1.85. The molecule has 0 unspecified atom stereocenters. The van der Waals surface area contributed by atoms with E-state index in [1.807, 2.05) is 37.9 Å². The first-order valence-corrected chi connectivity index (χ1v) is 8.60. The van der Waals surface area contributed by atoms with Gasteiger partial charge in [0.1, 0.15) is 0 Å². The van der Waals surface area contributed by atoms with Gasteiger partial charge >= 0.3 is 0 Å². The van der Waals surface area contributed by atoms with E-state index in [4.69, 9.17) is 11.6 Å². The molecule has 1 aliphatic heterocycles. The summed E-state index contributed by atoms with van der Waals surface area (Å²) in [5.41, 5.74) is 3.74. The van der Waals surface area contributed by atoms with Crippen molar-refractivity contribution in [1.29, 1.82) is 0 Å². The fourth-order valence-electron chi connectivity index (χ4n) is 3.20. The van der Waals surface area contributed by atoms with Gasteiger partial charge in [0.05, 0.1) is 11.3 Å². The van der Waals surface area contributed by atoms with E-state index in [1.54, 1.807) is 4.68 Å². The Morgan fingerprint density at radius 2 is 1.75 bits per heavy atom. The van der Waals surface area contributed by atoms with Gasteiger partial charge in [0.2, 0.25) is 0 Å². The Bertz CT molecular complexity index is 730. The Morgan fingerprint density at radius 3 is 2.29 bits per heavy atom. The zero-order valence-corrected chi connectivity index (χ0v) is 15.2. The Morgan fingerprint density at radius 1 is 1.12 bits per heavy atom. The third-order valence-corrected chi connectivity index (χ3v) is 4.95. The number of halogens is 1. The predicted octanol–water partition coefficient (Wildman–Crippen LogP) is 2.65. The molecule has 1 aromatic heterocycles. The second kappa shape index (κ2) is 6.95. The summed E-state index contributed by atoms with van der Waals surface area (Å²) in [7, 11) is 1.88. The Labute approximate surface area is 147 Å². The summed E-state index contributed by atoms with van der Waals surface area (Å²) in [4.78, 5) is 17.1. The highest BCUT2D eigenvalue weighted by Crippen LogP contribution is 2.17.